The zero-order valence-corrected chi connectivity index (χ0v) is 14.0. The summed E-state index contributed by atoms with van der Waals surface area (Å²) in [6, 6.07) is 16.5. The second-order valence-electron chi connectivity index (χ2n) is 4.99. The SMILES string of the molecule is CNc1cccc2cc(SOOO)c(N=Nc3ccccc3)c(O)c12. The first kappa shape index (κ1) is 17.2. The van der Waals surface area contributed by atoms with Gasteiger partial charge in [0.2, 0.25) is 0 Å². The van der Waals surface area contributed by atoms with Crippen LogP contribution in [0.1, 0.15) is 0 Å². The molecule has 0 amide bonds. The van der Waals surface area contributed by atoms with E-state index in [4.69, 9.17) is 5.26 Å². The van der Waals surface area contributed by atoms with E-state index in [1.165, 1.54) is 0 Å². The van der Waals surface area contributed by atoms with Crippen LogP contribution in [0, 0.1) is 0 Å². The maximum Gasteiger partial charge on any atom is 0.154 e. The zero-order chi connectivity index (χ0) is 17.6. The number of phenols is 1. The molecule has 3 rings (SSSR count). The van der Waals surface area contributed by atoms with Crippen molar-refractivity contribution in [2.24, 2.45) is 10.2 Å². The third-order valence-corrected chi connectivity index (χ3v) is 4.14. The van der Waals surface area contributed by atoms with Crippen molar-refractivity contribution < 1.29 is 19.7 Å². The number of fused-ring (bicyclic) bond motifs is 1. The molecular weight excluding hydrogens is 342 g/mol. The fourth-order valence-electron chi connectivity index (χ4n) is 2.42. The van der Waals surface area contributed by atoms with Crippen molar-refractivity contribution in [2.75, 3.05) is 12.4 Å². The lowest BCUT2D eigenvalue weighted by Gasteiger charge is -2.12. The zero-order valence-electron chi connectivity index (χ0n) is 13.2. The highest BCUT2D eigenvalue weighted by molar-refractivity contribution is 7.94. The molecule has 3 aromatic carbocycles. The predicted molar refractivity (Wildman–Crippen MR) is 96.4 cm³/mol. The van der Waals surface area contributed by atoms with Crippen molar-refractivity contribution >= 4 is 39.9 Å². The quantitative estimate of drug-likeness (QED) is 0.236. The number of nitrogens with one attached hydrogen (secondary N) is 1. The van der Waals surface area contributed by atoms with Gasteiger partial charge in [0.25, 0.3) is 0 Å². The Morgan fingerprint density at radius 1 is 1.04 bits per heavy atom. The van der Waals surface area contributed by atoms with Crippen LogP contribution >= 0.6 is 12.0 Å². The van der Waals surface area contributed by atoms with Crippen LogP contribution in [0.3, 0.4) is 0 Å². The molecule has 0 aliphatic heterocycles. The second kappa shape index (κ2) is 7.95. The van der Waals surface area contributed by atoms with Crippen LogP contribution in [0.4, 0.5) is 17.1 Å². The number of rotatable bonds is 6. The van der Waals surface area contributed by atoms with Crippen LogP contribution in [0.15, 0.2) is 69.7 Å². The molecule has 0 bridgehead atoms. The minimum absolute atomic E-state index is 0.0498. The first-order valence-corrected chi connectivity index (χ1v) is 8.06. The molecule has 0 heterocycles. The monoisotopic (exact) mass is 357 g/mol. The maximum atomic E-state index is 10.8. The fraction of sp³-hybridized carbons (Fsp3) is 0.0588. The predicted octanol–water partition coefficient (Wildman–Crippen LogP) is 5.43. The van der Waals surface area contributed by atoms with Crippen molar-refractivity contribution in [1.82, 2.24) is 0 Å². The molecule has 0 radical (unpaired) electrons. The van der Waals surface area contributed by atoms with Crippen LogP contribution in [0.2, 0.25) is 0 Å². The van der Waals surface area contributed by atoms with Gasteiger partial charge in [0.05, 0.1) is 22.6 Å². The van der Waals surface area contributed by atoms with Crippen molar-refractivity contribution in [2.45, 2.75) is 4.90 Å². The number of hydrogen-bond acceptors (Lipinski definition) is 8. The van der Waals surface area contributed by atoms with Gasteiger partial charge in [-0.1, -0.05) is 35.4 Å². The van der Waals surface area contributed by atoms with Gasteiger partial charge in [0.15, 0.2) is 5.75 Å². The Bertz CT molecular complexity index is 903. The van der Waals surface area contributed by atoms with Crippen LogP contribution in [0.25, 0.3) is 10.8 Å². The largest absolute Gasteiger partial charge is 0.505 e. The van der Waals surface area contributed by atoms with Crippen molar-refractivity contribution in [3.8, 4) is 5.75 Å². The van der Waals surface area contributed by atoms with E-state index >= 15 is 0 Å². The Hall–Kier alpha value is -2.65. The van der Waals surface area contributed by atoms with Gasteiger partial charge in [-0.3, -0.25) is 0 Å². The van der Waals surface area contributed by atoms with E-state index in [-0.39, 0.29) is 11.4 Å². The van der Waals surface area contributed by atoms with Crippen molar-refractivity contribution in [1.29, 1.82) is 0 Å². The summed E-state index contributed by atoms with van der Waals surface area (Å²) in [5.74, 6) is -0.0498. The Balaban J connectivity index is 2.15. The van der Waals surface area contributed by atoms with Crippen LogP contribution in [-0.2, 0) is 9.37 Å². The fourth-order valence-corrected chi connectivity index (χ4v) is 2.92. The average Bonchev–Trinajstić information content (AvgIpc) is 2.66. The standard InChI is InChI=1S/C17H15N3O4S/c1-18-13-9-5-6-11-10-14(25-24-23-22)16(17(21)15(11)13)20-19-12-7-3-2-4-8-12/h2-10,18,21-22H,1H3. The van der Waals surface area contributed by atoms with Gasteiger partial charge in [-0.15, -0.1) is 9.45 Å². The highest BCUT2D eigenvalue weighted by atomic mass is 32.2. The molecule has 0 aliphatic rings. The summed E-state index contributed by atoms with van der Waals surface area (Å²) in [6.45, 7) is 0. The van der Waals surface area contributed by atoms with Crippen LogP contribution in [0.5, 0.6) is 5.75 Å². The van der Waals surface area contributed by atoms with E-state index in [9.17, 15) is 5.11 Å². The summed E-state index contributed by atoms with van der Waals surface area (Å²) >= 11 is 0.718. The molecule has 0 fully saturated rings. The lowest BCUT2D eigenvalue weighted by atomic mass is 10.1. The second-order valence-corrected chi connectivity index (χ2v) is 5.73. The number of azo groups is 1. The summed E-state index contributed by atoms with van der Waals surface area (Å²) in [4.78, 5) is 0.437. The number of aromatic hydroxyl groups is 1. The minimum atomic E-state index is -0.0498. The molecule has 0 atom stereocenters. The Kier molecular flexibility index (Phi) is 5.46. The van der Waals surface area contributed by atoms with Gasteiger partial charge in [0, 0.05) is 18.1 Å². The minimum Gasteiger partial charge on any atom is -0.505 e. The summed E-state index contributed by atoms with van der Waals surface area (Å²) in [5, 5.41) is 35.6. The topological polar surface area (TPSA) is 95.7 Å². The smallest absolute Gasteiger partial charge is 0.154 e. The normalized spacial score (nSPS) is 11.3. The van der Waals surface area contributed by atoms with Gasteiger partial charge in [-0.25, -0.2) is 5.26 Å². The molecule has 0 aromatic heterocycles. The molecule has 3 N–H and O–H groups in total. The maximum absolute atomic E-state index is 10.8. The van der Waals surface area contributed by atoms with E-state index in [0.717, 1.165) is 23.1 Å². The summed E-state index contributed by atoms with van der Waals surface area (Å²) in [5.41, 5.74) is 1.60. The first-order valence-electron chi connectivity index (χ1n) is 7.32. The first-order chi connectivity index (χ1) is 12.2. The molecular formula is C17H15N3O4S. The number of phenolic OH excluding ortho intramolecular Hbond substituents is 1. The third-order valence-electron chi connectivity index (χ3n) is 3.52. The summed E-state index contributed by atoms with van der Waals surface area (Å²) < 4.78 is 4.52. The molecule has 0 spiro atoms. The average molecular weight is 357 g/mol. The third kappa shape index (κ3) is 3.72. The van der Waals surface area contributed by atoms with Gasteiger partial charge >= 0.3 is 0 Å². The summed E-state index contributed by atoms with van der Waals surface area (Å²) in [7, 11) is 1.77. The molecule has 3 aromatic rings. The molecule has 8 heteroatoms. The summed E-state index contributed by atoms with van der Waals surface area (Å²) in [6.07, 6.45) is 0. The number of hydrogen-bond donors (Lipinski definition) is 3. The lowest BCUT2D eigenvalue weighted by molar-refractivity contribution is -0.432. The van der Waals surface area contributed by atoms with Crippen molar-refractivity contribution in [3.63, 3.8) is 0 Å². The Labute approximate surface area is 148 Å². The number of anilines is 1. The Morgan fingerprint density at radius 3 is 2.56 bits per heavy atom. The Morgan fingerprint density at radius 2 is 1.84 bits per heavy atom. The number of benzene rings is 3. The molecule has 25 heavy (non-hydrogen) atoms. The van der Waals surface area contributed by atoms with Gasteiger partial charge in [-0.2, -0.15) is 5.11 Å². The van der Waals surface area contributed by atoms with E-state index in [0.29, 0.717) is 16.0 Å². The van der Waals surface area contributed by atoms with Gasteiger partial charge < -0.3 is 10.4 Å². The molecule has 128 valence electrons. The van der Waals surface area contributed by atoms with Crippen LogP contribution in [-0.4, -0.2) is 17.4 Å². The molecule has 0 saturated carbocycles. The molecule has 0 aliphatic carbocycles. The van der Waals surface area contributed by atoms with Gasteiger partial charge in [-0.05, 0) is 29.7 Å². The van der Waals surface area contributed by atoms with E-state index in [1.807, 2.05) is 36.4 Å². The highest BCUT2D eigenvalue weighted by Crippen LogP contribution is 2.46. The molecule has 0 unspecified atom stereocenters. The highest BCUT2D eigenvalue weighted by Gasteiger charge is 2.17. The lowest BCUT2D eigenvalue weighted by Crippen LogP contribution is -1.91. The van der Waals surface area contributed by atoms with Crippen molar-refractivity contribution in [3.05, 3.63) is 54.6 Å². The van der Waals surface area contributed by atoms with E-state index in [1.54, 1.807) is 25.2 Å². The van der Waals surface area contributed by atoms with E-state index < -0.39 is 0 Å². The van der Waals surface area contributed by atoms with Crippen LogP contribution < -0.4 is 5.32 Å². The van der Waals surface area contributed by atoms with E-state index in [2.05, 4.69) is 24.9 Å². The molecule has 0 saturated heterocycles. The number of nitrogens with zero attached hydrogens (tertiary/aromatic N) is 2. The van der Waals surface area contributed by atoms with Gasteiger partial charge in [0.1, 0.15) is 5.69 Å². The molecule has 7 nitrogen and oxygen atoms in total.